The molecular formula is C19H23NO. The van der Waals surface area contributed by atoms with Gasteiger partial charge in [-0.05, 0) is 36.0 Å². The molecule has 1 aliphatic heterocycles. The van der Waals surface area contributed by atoms with Gasteiger partial charge in [-0.1, -0.05) is 54.6 Å². The molecule has 110 valence electrons. The molecule has 0 aliphatic carbocycles. The molecule has 2 unspecified atom stereocenters. The van der Waals surface area contributed by atoms with E-state index in [4.69, 9.17) is 10.5 Å². The number of rotatable bonds is 4. The van der Waals surface area contributed by atoms with E-state index in [1.54, 1.807) is 0 Å². The fourth-order valence-electron chi connectivity index (χ4n) is 3.01. The van der Waals surface area contributed by atoms with Gasteiger partial charge in [0.2, 0.25) is 0 Å². The highest BCUT2D eigenvalue weighted by molar-refractivity contribution is 5.30. The Kier molecular flexibility index (Phi) is 4.69. The number of benzene rings is 2. The van der Waals surface area contributed by atoms with Gasteiger partial charge < -0.3 is 10.5 Å². The standard InChI is InChI=1S/C19H23NO/c20-19(18-7-4-12-21-14-18)17-10-8-16(9-11-17)13-15-5-2-1-3-6-15/h1-3,5-6,8-11,18-19H,4,7,12-14,20H2. The Morgan fingerprint density at radius 1 is 1.00 bits per heavy atom. The van der Waals surface area contributed by atoms with Gasteiger partial charge in [0.1, 0.15) is 0 Å². The van der Waals surface area contributed by atoms with Gasteiger partial charge in [0, 0.05) is 18.6 Å². The molecule has 0 spiro atoms. The van der Waals surface area contributed by atoms with Crippen molar-refractivity contribution in [1.82, 2.24) is 0 Å². The maximum Gasteiger partial charge on any atom is 0.0512 e. The number of hydrogen-bond donors (Lipinski definition) is 1. The molecule has 2 N–H and O–H groups in total. The Morgan fingerprint density at radius 3 is 2.38 bits per heavy atom. The Bertz CT molecular complexity index is 544. The molecule has 1 fully saturated rings. The average molecular weight is 281 g/mol. The predicted molar refractivity (Wildman–Crippen MR) is 86.2 cm³/mol. The monoisotopic (exact) mass is 281 g/mol. The van der Waals surface area contributed by atoms with Gasteiger partial charge in [-0.3, -0.25) is 0 Å². The highest BCUT2D eigenvalue weighted by Crippen LogP contribution is 2.27. The molecular weight excluding hydrogens is 258 g/mol. The molecule has 21 heavy (non-hydrogen) atoms. The van der Waals surface area contributed by atoms with Crippen LogP contribution in [0.3, 0.4) is 0 Å². The van der Waals surface area contributed by atoms with E-state index in [-0.39, 0.29) is 6.04 Å². The van der Waals surface area contributed by atoms with E-state index in [0.29, 0.717) is 5.92 Å². The highest BCUT2D eigenvalue weighted by Gasteiger charge is 2.22. The largest absolute Gasteiger partial charge is 0.381 e. The van der Waals surface area contributed by atoms with Crippen molar-refractivity contribution < 1.29 is 4.74 Å². The summed E-state index contributed by atoms with van der Waals surface area (Å²) in [6, 6.07) is 19.4. The summed E-state index contributed by atoms with van der Waals surface area (Å²) in [6.45, 7) is 1.69. The Morgan fingerprint density at radius 2 is 1.71 bits per heavy atom. The quantitative estimate of drug-likeness (QED) is 0.927. The van der Waals surface area contributed by atoms with Gasteiger partial charge in [-0.15, -0.1) is 0 Å². The van der Waals surface area contributed by atoms with Crippen molar-refractivity contribution in [1.29, 1.82) is 0 Å². The lowest BCUT2D eigenvalue weighted by Crippen LogP contribution is -2.28. The first kappa shape index (κ1) is 14.3. The topological polar surface area (TPSA) is 35.2 Å². The van der Waals surface area contributed by atoms with Crippen LogP contribution in [0.5, 0.6) is 0 Å². The first-order valence-corrected chi connectivity index (χ1v) is 7.79. The second kappa shape index (κ2) is 6.88. The maximum absolute atomic E-state index is 6.39. The van der Waals surface area contributed by atoms with Crippen molar-refractivity contribution >= 4 is 0 Å². The van der Waals surface area contributed by atoms with Crippen LogP contribution in [0.15, 0.2) is 54.6 Å². The molecule has 1 aliphatic rings. The van der Waals surface area contributed by atoms with E-state index in [1.807, 2.05) is 0 Å². The van der Waals surface area contributed by atoms with Gasteiger partial charge >= 0.3 is 0 Å². The lowest BCUT2D eigenvalue weighted by molar-refractivity contribution is 0.0448. The molecule has 0 saturated carbocycles. The summed E-state index contributed by atoms with van der Waals surface area (Å²) in [5.41, 5.74) is 10.3. The second-order valence-corrected chi connectivity index (χ2v) is 5.91. The molecule has 2 nitrogen and oxygen atoms in total. The number of ether oxygens (including phenoxy) is 1. The van der Waals surface area contributed by atoms with Crippen LogP contribution in [0, 0.1) is 5.92 Å². The maximum atomic E-state index is 6.39. The summed E-state index contributed by atoms with van der Waals surface area (Å²) in [4.78, 5) is 0. The second-order valence-electron chi connectivity index (χ2n) is 5.91. The van der Waals surface area contributed by atoms with Crippen LogP contribution in [-0.2, 0) is 11.2 Å². The molecule has 0 bridgehead atoms. The molecule has 2 aromatic rings. The summed E-state index contributed by atoms with van der Waals surface area (Å²) in [6.07, 6.45) is 3.28. The SMILES string of the molecule is NC(c1ccc(Cc2ccccc2)cc1)C1CCCOC1. The zero-order valence-corrected chi connectivity index (χ0v) is 12.4. The Hall–Kier alpha value is -1.64. The first-order chi connectivity index (χ1) is 10.3. The van der Waals surface area contributed by atoms with Crippen molar-refractivity contribution in [3.05, 3.63) is 71.3 Å². The lowest BCUT2D eigenvalue weighted by atomic mass is 9.89. The zero-order valence-electron chi connectivity index (χ0n) is 12.4. The summed E-state index contributed by atoms with van der Waals surface area (Å²) in [7, 11) is 0. The third-order valence-corrected chi connectivity index (χ3v) is 4.32. The van der Waals surface area contributed by atoms with Crippen LogP contribution in [0.2, 0.25) is 0 Å². The van der Waals surface area contributed by atoms with Gasteiger partial charge in [0.05, 0.1) is 6.61 Å². The molecule has 3 rings (SSSR count). The van der Waals surface area contributed by atoms with E-state index in [1.165, 1.54) is 23.1 Å². The molecule has 0 radical (unpaired) electrons. The predicted octanol–water partition coefficient (Wildman–Crippen LogP) is 3.70. The molecule has 1 saturated heterocycles. The zero-order chi connectivity index (χ0) is 14.5. The van der Waals surface area contributed by atoms with Crippen molar-refractivity contribution in [2.75, 3.05) is 13.2 Å². The summed E-state index contributed by atoms with van der Waals surface area (Å²) < 4.78 is 5.55. The lowest BCUT2D eigenvalue weighted by Gasteiger charge is -2.27. The fraction of sp³-hybridized carbons (Fsp3) is 0.368. The minimum atomic E-state index is 0.0936. The Labute approximate surface area is 126 Å². The summed E-state index contributed by atoms with van der Waals surface area (Å²) in [5, 5.41) is 0. The summed E-state index contributed by atoms with van der Waals surface area (Å²) in [5.74, 6) is 0.457. The van der Waals surface area contributed by atoms with Crippen LogP contribution < -0.4 is 5.73 Å². The normalized spacial score (nSPS) is 20.1. The van der Waals surface area contributed by atoms with Gasteiger partial charge in [0.15, 0.2) is 0 Å². The first-order valence-electron chi connectivity index (χ1n) is 7.79. The minimum absolute atomic E-state index is 0.0936. The van der Waals surface area contributed by atoms with Crippen LogP contribution in [0.25, 0.3) is 0 Å². The van der Waals surface area contributed by atoms with E-state index < -0.39 is 0 Å². The van der Waals surface area contributed by atoms with Crippen LogP contribution in [0.1, 0.15) is 35.6 Å². The molecule has 2 heteroatoms. The van der Waals surface area contributed by atoms with E-state index >= 15 is 0 Å². The third kappa shape index (κ3) is 3.72. The third-order valence-electron chi connectivity index (χ3n) is 4.32. The van der Waals surface area contributed by atoms with Crippen LogP contribution >= 0.6 is 0 Å². The van der Waals surface area contributed by atoms with Crippen molar-refractivity contribution in [2.24, 2.45) is 11.7 Å². The minimum Gasteiger partial charge on any atom is -0.381 e. The molecule has 2 aromatic carbocycles. The van der Waals surface area contributed by atoms with Gasteiger partial charge in [0.25, 0.3) is 0 Å². The van der Waals surface area contributed by atoms with E-state index in [9.17, 15) is 0 Å². The highest BCUT2D eigenvalue weighted by atomic mass is 16.5. The van der Waals surface area contributed by atoms with Gasteiger partial charge in [-0.2, -0.15) is 0 Å². The van der Waals surface area contributed by atoms with E-state index in [2.05, 4.69) is 54.6 Å². The van der Waals surface area contributed by atoms with Gasteiger partial charge in [-0.25, -0.2) is 0 Å². The molecule has 2 atom stereocenters. The Balaban J connectivity index is 1.66. The van der Waals surface area contributed by atoms with Crippen molar-refractivity contribution in [2.45, 2.75) is 25.3 Å². The van der Waals surface area contributed by atoms with Crippen LogP contribution in [0.4, 0.5) is 0 Å². The van der Waals surface area contributed by atoms with Crippen molar-refractivity contribution in [3.8, 4) is 0 Å². The molecule has 0 aromatic heterocycles. The number of nitrogens with two attached hydrogens (primary N) is 1. The fourth-order valence-corrected chi connectivity index (χ4v) is 3.01. The van der Waals surface area contributed by atoms with Crippen LogP contribution in [-0.4, -0.2) is 13.2 Å². The summed E-state index contributed by atoms with van der Waals surface area (Å²) >= 11 is 0. The smallest absolute Gasteiger partial charge is 0.0512 e. The van der Waals surface area contributed by atoms with E-state index in [0.717, 1.165) is 26.1 Å². The average Bonchev–Trinajstić information content (AvgIpc) is 2.57. The number of hydrogen-bond acceptors (Lipinski definition) is 2. The van der Waals surface area contributed by atoms with Crippen molar-refractivity contribution in [3.63, 3.8) is 0 Å². The molecule has 1 heterocycles. The molecule has 0 amide bonds.